The van der Waals surface area contributed by atoms with Crippen LogP contribution in [0.1, 0.15) is 20.3 Å². The summed E-state index contributed by atoms with van der Waals surface area (Å²) in [6.45, 7) is 5.45. The summed E-state index contributed by atoms with van der Waals surface area (Å²) < 4.78 is 15.6. The van der Waals surface area contributed by atoms with E-state index in [9.17, 15) is 4.79 Å². The fourth-order valence-electron chi connectivity index (χ4n) is 1.43. The van der Waals surface area contributed by atoms with E-state index < -0.39 is 5.97 Å². The first-order valence-electron chi connectivity index (χ1n) is 6.80. The molecular formula is C15H23NO4. The van der Waals surface area contributed by atoms with Crippen molar-refractivity contribution in [2.75, 3.05) is 32.2 Å². The van der Waals surface area contributed by atoms with Crippen LogP contribution in [-0.4, -0.2) is 32.4 Å². The number of benzene rings is 1. The number of esters is 1. The highest BCUT2D eigenvalue weighted by atomic mass is 16.6. The van der Waals surface area contributed by atoms with Crippen LogP contribution in [-0.2, 0) is 14.3 Å². The van der Waals surface area contributed by atoms with E-state index in [0.29, 0.717) is 30.6 Å². The molecule has 1 aromatic rings. The standard InChI is InChI=1S/C15H23NO4/c1-12(2)7-8-18-9-10-19-15(17)11-20-14-6-4-3-5-13(14)16/h3-6,12H,7-11,16H2,1-2H3. The van der Waals surface area contributed by atoms with Gasteiger partial charge in [-0.05, 0) is 24.5 Å². The maximum atomic E-state index is 11.4. The number of ether oxygens (including phenoxy) is 3. The average Bonchev–Trinajstić information content (AvgIpc) is 2.41. The number of anilines is 1. The van der Waals surface area contributed by atoms with Crippen molar-refractivity contribution >= 4 is 11.7 Å². The van der Waals surface area contributed by atoms with Crippen LogP contribution in [0.15, 0.2) is 24.3 Å². The molecule has 0 bridgehead atoms. The van der Waals surface area contributed by atoms with E-state index in [-0.39, 0.29) is 13.2 Å². The molecule has 0 aliphatic rings. The van der Waals surface area contributed by atoms with E-state index in [4.69, 9.17) is 19.9 Å². The van der Waals surface area contributed by atoms with Crippen LogP contribution < -0.4 is 10.5 Å². The number of hydrogen-bond acceptors (Lipinski definition) is 5. The monoisotopic (exact) mass is 281 g/mol. The second-order valence-electron chi connectivity index (χ2n) is 4.84. The molecule has 0 amide bonds. The molecule has 5 heteroatoms. The van der Waals surface area contributed by atoms with Crippen molar-refractivity contribution in [3.05, 3.63) is 24.3 Å². The maximum Gasteiger partial charge on any atom is 0.344 e. The summed E-state index contributed by atoms with van der Waals surface area (Å²) in [5.41, 5.74) is 6.19. The Bertz CT molecular complexity index is 407. The zero-order chi connectivity index (χ0) is 14.8. The summed E-state index contributed by atoms with van der Waals surface area (Å²) in [5, 5.41) is 0. The summed E-state index contributed by atoms with van der Waals surface area (Å²) in [5.74, 6) is 0.667. The Kier molecular flexibility index (Phi) is 7.50. The van der Waals surface area contributed by atoms with Crippen molar-refractivity contribution in [2.45, 2.75) is 20.3 Å². The van der Waals surface area contributed by atoms with E-state index in [1.807, 2.05) is 0 Å². The van der Waals surface area contributed by atoms with Gasteiger partial charge in [0.1, 0.15) is 12.4 Å². The summed E-state index contributed by atoms with van der Waals surface area (Å²) in [7, 11) is 0. The van der Waals surface area contributed by atoms with Gasteiger partial charge in [-0.2, -0.15) is 0 Å². The van der Waals surface area contributed by atoms with Gasteiger partial charge >= 0.3 is 5.97 Å². The summed E-state index contributed by atoms with van der Waals surface area (Å²) in [4.78, 5) is 11.4. The van der Waals surface area contributed by atoms with Crippen LogP contribution in [0.3, 0.4) is 0 Å². The predicted molar refractivity (Wildman–Crippen MR) is 77.6 cm³/mol. The first kappa shape index (κ1) is 16.3. The number of carbonyl (C=O) groups excluding carboxylic acids is 1. The first-order valence-corrected chi connectivity index (χ1v) is 6.80. The molecule has 0 aromatic heterocycles. The van der Waals surface area contributed by atoms with Crippen molar-refractivity contribution < 1.29 is 19.0 Å². The Morgan fingerprint density at radius 3 is 2.65 bits per heavy atom. The molecular weight excluding hydrogens is 258 g/mol. The van der Waals surface area contributed by atoms with Gasteiger partial charge in [-0.25, -0.2) is 4.79 Å². The number of nitrogens with two attached hydrogens (primary N) is 1. The third-order valence-corrected chi connectivity index (χ3v) is 2.59. The van der Waals surface area contributed by atoms with Gasteiger partial charge in [-0.15, -0.1) is 0 Å². The van der Waals surface area contributed by atoms with Gasteiger partial charge in [0.15, 0.2) is 6.61 Å². The van der Waals surface area contributed by atoms with Gasteiger partial charge in [0.05, 0.1) is 12.3 Å². The lowest BCUT2D eigenvalue weighted by atomic mass is 10.1. The van der Waals surface area contributed by atoms with Gasteiger partial charge in [0.2, 0.25) is 0 Å². The van der Waals surface area contributed by atoms with Gasteiger partial charge in [0.25, 0.3) is 0 Å². The summed E-state index contributed by atoms with van der Waals surface area (Å²) in [6, 6.07) is 7.01. The molecule has 0 radical (unpaired) electrons. The van der Waals surface area contributed by atoms with Crippen molar-refractivity contribution in [1.29, 1.82) is 0 Å². The Morgan fingerprint density at radius 1 is 1.20 bits per heavy atom. The molecule has 2 N–H and O–H groups in total. The molecule has 0 heterocycles. The smallest absolute Gasteiger partial charge is 0.344 e. The molecule has 0 aliphatic carbocycles. The molecule has 0 fully saturated rings. The van der Waals surface area contributed by atoms with E-state index in [2.05, 4.69) is 13.8 Å². The Hall–Kier alpha value is -1.75. The van der Waals surface area contributed by atoms with Crippen LogP contribution >= 0.6 is 0 Å². The summed E-state index contributed by atoms with van der Waals surface area (Å²) in [6.07, 6.45) is 1.00. The molecule has 1 rings (SSSR count). The van der Waals surface area contributed by atoms with Crippen LogP contribution in [0.2, 0.25) is 0 Å². The molecule has 0 aliphatic heterocycles. The Morgan fingerprint density at radius 2 is 1.95 bits per heavy atom. The Labute approximate surface area is 120 Å². The van der Waals surface area contributed by atoms with Crippen LogP contribution in [0.5, 0.6) is 5.75 Å². The Balaban J connectivity index is 2.08. The van der Waals surface area contributed by atoms with Crippen molar-refractivity contribution in [3.8, 4) is 5.75 Å². The minimum atomic E-state index is -0.430. The first-order chi connectivity index (χ1) is 9.59. The molecule has 112 valence electrons. The number of hydrogen-bond donors (Lipinski definition) is 1. The van der Waals surface area contributed by atoms with Crippen molar-refractivity contribution in [1.82, 2.24) is 0 Å². The molecule has 20 heavy (non-hydrogen) atoms. The number of rotatable bonds is 9. The molecule has 1 aromatic carbocycles. The molecule has 0 atom stereocenters. The third-order valence-electron chi connectivity index (χ3n) is 2.59. The minimum absolute atomic E-state index is 0.153. The van der Waals surface area contributed by atoms with Crippen LogP contribution in [0.25, 0.3) is 0 Å². The highest BCUT2D eigenvalue weighted by Crippen LogP contribution is 2.19. The van der Waals surface area contributed by atoms with E-state index >= 15 is 0 Å². The lowest BCUT2D eigenvalue weighted by Gasteiger charge is -2.09. The molecule has 0 saturated carbocycles. The zero-order valence-corrected chi connectivity index (χ0v) is 12.1. The van der Waals surface area contributed by atoms with Gasteiger partial charge in [-0.1, -0.05) is 26.0 Å². The SMILES string of the molecule is CC(C)CCOCCOC(=O)COc1ccccc1N. The van der Waals surface area contributed by atoms with Gasteiger partial charge in [0, 0.05) is 6.61 Å². The lowest BCUT2D eigenvalue weighted by molar-refractivity contribution is -0.147. The highest BCUT2D eigenvalue weighted by molar-refractivity contribution is 5.71. The molecule has 0 unspecified atom stereocenters. The quantitative estimate of drug-likeness (QED) is 0.427. The number of nitrogen functional groups attached to an aromatic ring is 1. The highest BCUT2D eigenvalue weighted by Gasteiger charge is 2.06. The second-order valence-corrected chi connectivity index (χ2v) is 4.84. The fraction of sp³-hybridized carbons (Fsp3) is 0.533. The maximum absolute atomic E-state index is 11.4. The van der Waals surface area contributed by atoms with Crippen molar-refractivity contribution in [3.63, 3.8) is 0 Å². The molecule has 5 nitrogen and oxygen atoms in total. The topological polar surface area (TPSA) is 70.8 Å². The third kappa shape index (κ3) is 6.99. The normalized spacial score (nSPS) is 10.6. The molecule has 0 spiro atoms. The van der Waals surface area contributed by atoms with E-state index in [1.165, 1.54) is 0 Å². The van der Waals surface area contributed by atoms with Crippen LogP contribution in [0, 0.1) is 5.92 Å². The lowest BCUT2D eigenvalue weighted by Crippen LogP contribution is -2.18. The van der Waals surface area contributed by atoms with Gasteiger partial charge < -0.3 is 19.9 Å². The number of para-hydroxylation sites is 2. The van der Waals surface area contributed by atoms with E-state index in [0.717, 1.165) is 6.42 Å². The predicted octanol–water partition coefficient (Wildman–Crippen LogP) is 2.25. The van der Waals surface area contributed by atoms with Gasteiger partial charge in [-0.3, -0.25) is 0 Å². The zero-order valence-electron chi connectivity index (χ0n) is 12.1. The van der Waals surface area contributed by atoms with Crippen molar-refractivity contribution in [2.24, 2.45) is 5.92 Å². The second kappa shape index (κ2) is 9.20. The minimum Gasteiger partial charge on any atom is -0.480 e. The fourth-order valence-corrected chi connectivity index (χ4v) is 1.43. The van der Waals surface area contributed by atoms with E-state index in [1.54, 1.807) is 24.3 Å². The largest absolute Gasteiger partial charge is 0.480 e. The van der Waals surface area contributed by atoms with Crippen LogP contribution in [0.4, 0.5) is 5.69 Å². The number of carbonyl (C=O) groups is 1. The molecule has 0 saturated heterocycles. The average molecular weight is 281 g/mol. The summed E-state index contributed by atoms with van der Waals surface area (Å²) >= 11 is 0.